The van der Waals surface area contributed by atoms with Gasteiger partial charge in [-0.3, -0.25) is 10.2 Å². The minimum atomic E-state index is 0.595. The number of hydrogen-bond acceptors (Lipinski definition) is 6. The standard InChI is InChI=1S/C16H10Cl2N6S2/c17-11-5-1-9(2-6-11)13-19-15(23-21-13)25-26-16-20-14(22-24-16)10-3-7-12(18)8-4-10/h1-8H,(H,19,21,23)(H,20,22,24). The lowest BCUT2D eigenvalue weighted by Gasteiger charge is -1.95. The second kappa shape index (κ2) is 7.71. The Morgan fingerprint density at radius 1 is 0.615 bits per heavy atom. The van der Waals surface area contributed by atoms with E-state index in [0.29, 0.717) is 32.0 Å². The summed E-state index contributed by atoms with van der Waals surface area (Å²) in [5.74, 6) is 1.36. The van der Waals surface area contributed by atoms with Gasteiger partial charge in [0.2, 0.25) is 10.3 Å². The van der Waals surface area contributed by atoms with Crippen molar-refractivity contribution in [2.75, 3.05) is 0 Å². The van der Waals surface area contributed by atoms with Crippen molar-refractivity contribution in [3.63, 3.8) is 0 Å². The first kappa shape index (κ1) is 17.4. The maximum absolute atomic E-state index is 5.90. The Morgan fingerprint density at radius 3 is 1.38 bits per heavy atom. The number of H-pyrrole nitrogens is 2. The molecule has 4 rings (SSSR count). The molecule has 0 saturated carbocycles. The van der Waals surface area contributed by atoms with Gasteiger partial charge in [0.25, 0.3) is 0 Å². The summed E-state index contributed by atoms with van der Waals surface area (Å²) < 4.78 is 0. The van der Waals surface area contributed by atoms with E-state index in [4.69, 9.17) is 23.2 Å². The Hall–Kier alpha value is -2.00. The van der Waals surface area contributed by atoms with Crippen molar-refractivity contribution in [2.45, 2.75) is 10.3 Å². The summed E-state index contributed by atoms with van der Waals surface area (Å²) in [4.78, 5) is 8.90. The van der Waals surface area contributed by atoms with Crippen LogP contribution in [0.2, 0.25) is 10.0 Å². The van der Waals surface area contributed by atoms with Crippen LogP contribution in [0.4, 0.5) is 0 Å². The highest BCUT2D eigenvalue weighted by molar-refractivity contribution is 8.76. The van der Waals surface area contributed by atoms with Crippen molar-refractivity contribution in [2.24, 2.45) is 0 Å². The van der Waals surface area contributed by atoms with E-state index < -0.39 is 0 Å². The molecule has 0 fully saturated rings. The number of nitrogens with one attached hydrogen (secondary N) is 2. The van der Waals surface area contributed by atoms with E-state index in [2.05, 4.69) is 30.4 Å². The Kier molecular flexibility index (Phi) is 5.16. The molecule has 0 unspecified atom stereocenters. The maximum atomic E-state index is 5.90. The summed E-state index contributed by atoms with van der Waals surface area (Å²) in [7, 11) is 2.75. The minimum absolute atomic E-state index is 0.595. The molecule has 0 saturated heterocycles. The molecule has 0 bridgehead atoms. The highest BCUT2D eigenvalue weighted by Crippen LogP contribution is 2.34. The van der Waals surface area contributed by atoms with Crippen molar-refractivity contribution in [3.05, 3.63) is 58.6 Å². The molecule has 4 aromatic rings. The van der Waals surface area contributed by atoms with E-state index in [1.807, 2.05) is 48.5 Å². The van der Waals surface area contributed by atoms with Gasteiger partial charge < -0.3 is 0 Å². The molecule has 2 aromatic heterocycles. The van der Waals surface area contributed by atoms with Crippen molar-refractivity contribution >= 4 is 44.8 Å². The topological polar surface area (TPSA) is 83.1 Å². The summed E-state index contributed by atoms with van der Waals surface area (Å²) in [6.45, 7) is 0. The van der Waals surface area contributed by atoms with E-state index in [9.17, 15) is 0 Å². The van der Waals surface area contributed by atoms with E-state index in [0.717, 1.165) is 11.1 Å². The molecule has 0 aliphatic heterocycles. The zero-order valence-corrected chi connectivity index (χ0v) is 16.1. The first-order valence-corrected chi connectivity index (χ1v) is 10.3. The molecule has 10 heteroatoms. The number of aromatic amines is 2. The lowest BCUT2D eigenvalue weighted by atomic mass is 10.2. The fourth-order valence-electron chi connectivity index (χ4n) is 2.12. The van der Waals surface area contributed by atoms with Crippen molar-refractivity contribution in [3.8, 4) is 22.8 Å². The van der Waals surface area contributed by atoms with Gasteiger partial charge in [0.05, 0.1) is 0 Å². The minimum Gasteiger partial charge on any atom is -0.258 e. The molecule has 130 valence electrons. The van der Waals surface area contributed by atoms with Gasteiger partial charge in [0.15, 0.2) is 11.6 Å². The SMILES string of the molecule is Clc1ccc(-c2nc(SSc3n[nH]c(-c4ccc(Cl)cc4)n3)n[nH]2)cc1. The molecular weight excluding hydrogens is 411 g/mol. The van der Waals surface area contributed by atoms with Crippen LogP contribution in [-0.2, 0) is 0 Å². The van der Waals surface area contributed by atoms with Crippen LogP contribution in [0, 0.1) is 0 Å². The average molecular weight is 421 g/mol. The molecule has 0 atom stereocenters. The lowest BCUT2D eigenvalue weighted by molar-refractivity contribution is 0.973. The van der Waals surface area contributed by atoms with E-state index >= 15 is 0 Å². The van der Waals surface area contributed by atoms with Gasteiger partial charge in [0.1, 0.15) is 0 Å². The van der Waals surface area contributed by atoms with Crippen LogP contribution in [-0.4, -0.2) is 30.4 Å². The summed E-state index contributed by atoms with van der Waals surface area (Å²) >= 11 is 11.8. The second-order valence-corrected chi connectivity index (χ2v) is 8.05. The van der Waals surface area contributed by atoms with Gasteiger partial charge in [-0.15, -0.1) is 10.2 Å². The molecule has 26 heavy (non-hydrogen) atoms. The van der Waals surface area contributed by atoms with Crippen LogP contribution < -0.4 is 0 Å². The van der Waals surface area contributed by atoms with Crippen LogP contribution in [0.25, 0.3) is 22.8 Å². The highest BCUT2D eigenvalue weighted by atomic mass is 35.5. The third-order valence-corrected chi connectivity index (χ3v) is 5.75. The monoisotopic (exact) mass is 420 g/mol. The zero-order chi connectivity index (χ0) is 17.9. The number of aromatic nitrogens is 6. The molecular formula is C16H10Cl2N6S2. The number of hydrogen-bond donors (Lipinski definition) is 2. The Bertz CT molecular complexity index is 930. The van der Waals surface area contributed by atoms with Gasteiger partial charge in [-0.2, -0.15) is 0 Å². The quantitative estimate of drug-likeness (QED) is 0.422. The molecule has 0 aliphatic carbocycles. The number of benzene rings is 2. The molecule has 6 nitrogen and oxygen atoms in total. The maximum Gasteiger partial charge on any atom is 0.219 e. The third-order valence-electron chi connectivity index (χ3n) is 3.36. The number of nitrogens with zero attached hydrogens (tertiary/aromatic N) is 4. The summed E-state index contributed by atoms with van der Waals surface area (Å²) in [5.41, 5.74) is 1.84. The van der Waals surface area contributed by atoms with Crippen LogP contribution in [0.1, 0.15) is 0 Å². The van der Waals surface area contributed by atoms with Gasteiger partial charge in [-0.1, -0.05) is 23.2 Å². The second-order valence-electron chi connectivity index (χ2n) is 5.11. The Labute approximate surface area is 166 Å². The van der Waals surface area contributed by atoms with Crippen molar-refractivity contribution in [1.29, 1.82) is 0 Å². The van der Waals surface area contributed by atoms with Crippen molar-refractivity contribution < 1.29 is 0 Å². The zero-order valence-electron chi connectivity index (χ0n) is 13.0. The molecule has 0 aliphatic rings. The largest absolute Gasteiger partial charge is 0.258 e. The number of rotatable bonds is 5. The lowest BCUT2D eigenvalue weighted by Crippen LogP contribution is -1.79. The smallest absolute Gasteiger partial charge is 0.219 e. The first-order valence-electron chi connectivity index (χ1n) is 7.38. The van der Waals surface area contributed by atoms with Gasteiger partial charge >= 0.3 is 0 Å². The Morgan fingerprint density at radius 2 is 1.00 bits per heavy atom. The molecule has 0 spiro atoms. The first-order chi connectivity index (χ1) is 12.7. The van der Waals surface area contributed by atoms with Gasteiger partial charge in [0, 0.05) is 21.2 Å². The van der Waals surface area contributed by atoms with Crippen LogP contribution in [0.3, 0.4) is 0 Å². The predicted octanol–water partition coefficient (Wildman–Crippen LogP) is 5.36. The molecule has 2 N–H and O–H groups in total. The normalized spacial score (nSPS) is 11.0. The van der Waals surface area contributed by atoms with Gasteiger partial charge in [-0.25, -0.2) is 9.97 Å². The predicted molar refractivity (Wildman–Crippen MR) is 105 cm³/mol. The van der Waals surface area contributed by atoms with Crippen LogP contribution >= 0.6 is 44.8 Å². The van der Waals surface area contributed by atoms with E-state index in [1.165, 1.54) is 21.6 Å². The Balaban J connectivity index is 1.42. The summed E-state index contributed by atoms with van der Waals surface area (Å²) in [6.07, 6.45) is 0. The summed E-state index contributed by atoms with van der Waals surface area (Å²) in [6, 6.07) is 14.8. The average Bonchev–Trinajstić information content (AvgIpc) is 3.31. The van der Waals surface area contributed by atoms with Gasteiger partial charge in [-0.05, 0) is 70.1 Å². The highest BCUT2D eigenvalue weighted by Gasteiger charge is 2.11. The van der Waals surface area contributed by atoms with Crippen molar-refractivity contribution in [1.82, 2.24) is 30.4 Å². The third kappa shape index (κ3) is 4.04. The molecule has 2 heterocycles. The molecule has 0 radical (unpaired) electrons. The molecule has 2 aromatic carbocycles. The fraction of sp³-hybridized carbons (Fsp3) is 0. The molecule has 0 amide bonds. The van der Waals surface area contributed by atoms with E-state index in [1.54, 1.807) is 0 Å². The number of halogens is 2. The fourth-order valence-corrected chi connectivity index (χ4v) is 3.83. The van der Waals surface area contributed by atoms with Crippen LogP contribution in [0.15, 0.2) is 58.8 Å². The summed E-state index contributed by atoms with van der Waals surface area (Å²) in [5, 5.41) is 16.8. The van der Waals surface area contributed by atoms with Crippen LogP contribution in [0.5, 0.6) is 0 Å². The van der Waals surface area contributed by atoms with E-state index in [-0.39, 0.29) is 0 Å².